The molecule has 48 heavy (non-hydrogen) atoms. The maximum Gasteiger partial charge on any atom is 0.0571 e. The molecule has 0 radical (unpaired) electrons. The molecule has 0 amide bonds. The Morgan fingerprint density at radius 2 is 0.833 bits per heavy atom. The van der Waals surface area contributed by atoms with Gasteiger partial charge >= 0.3 is 0 Å². The van der Waals surface area contributed by atoms with E-state index in [0.29, 0.717) is 0 Å². The van der Waals surface area contributed by atoms with Crippen molar-refractivity contribution < 1.29 is 0 Å². The summed E-state index contributed by atoms with van der Waals surface area (Å²) in [5.41, 5.74) is 14.4. The lowest BCUT2D eigenvalue weighted by molar-refractivity contribution is 1.13. The molecule has 4 nitrogen and oxygen atoms in total. The molecule has 0 spiro atoms. The Labute approximate surface area is 275 Å². The monoisotopic (exact) mass is 610 g/mol. The number of hydrogen-bond acceptors (Lipinski definition) is 2. The molecule has 0 aliphatic heterocycles. The van der Waals surface area contributed by atoms with Crippen LogP contribution >= 0.6 is 0 Å². The normalized spacial score (nSPS) is 12.2. The van der Waals surface area contributed by atoms with Crippen LogP contribution < -0.4 is 0 Å². The second-order valence-corrected chi connectivity index (χ2v) is 12.7. The molecule has 4 heteroatoms. The van der Waals surface area contributed by atoms with E-state index in [0.717, 1.165) is 44.2 Å². The van der Waals surface area contributed by atoms with Gasteiger partial charge in [-0.05, 0) is 86.6 Å². The molecule has 4 aromatic heterocycles. The van der Waals surface area contributed by atoms with Crippen molar-refractivity contribution >= 4 is 54.4 Å². The SMILES string of the molecule is c1ccc2c(c1)-c1cccc3c(-c4cc(-n5c6ccccc6c6cnccc65)cc(-n5c6ccccc6c6cnccc65)c4)ccc-2c13. The molecule has 10 aromatic rings. The molecule has 1 aliphatic rings. The van der Waals surface area contributed by atoms with Crippen molar-refractivity contribution in [3.05, 3.63) is 158 Å². The van der Waals surface area contributed by atoms with Crippen molar-refractivity contribution in [3.63, 3.8) is 0 Å². The predicted molar refractivity (Wildman–Crippen MR) is 198 cm³/mol. The molecule has 1 aliphatic carbocycles. The van der Waals surface area contributed by atoms with Crippen LogP contribution in [0.3, 0.4) is 0 Å². The Morgan fingerprint density at radius 1 is 0.354 bits per heavy atom. The highest BCUT2D eigenvalue weighted by Crippen LogP contribution is 2.49. The van der Waals surface area contributed by atoms with Gasteiger partial charge in [-0.1, -0.05) is 91.0 Å². The number of rotatable bonds is 3. The quantitative estimate of drug-likeness (QED) is 0.199. The molecular weight excluding hydrogens is 585 g/mol. The first-order chi connectivity index (χ1) is 23.8. The van der Waals surface area contributed by atoms with Crippen molar-refractivity contribution in [2.45, 2.75) is 0 Å². The molecule has 0 N–H and O–H groups in total. The van der Waals surface area contributed by atoms with Crippen LogP contribution in [0.2, 0.25) is 0 Å². The molecule has 0 fully saturated rings. The van der Waals surface area contributed by atoms with E-state index in [4.69, 9.17) is 0 Å². The Hall–Kier alpha value is -6.52. The standard InChI is InChI=1S/C44H26N4/c1-2-9-32-31(8-1)36-13-7-12-35-30(16-17-37(32)44(35)36)27-22-28(47-40-14-5-3-10-33(40)38-25-45-20-18-42(38)47)24-29(23-27)48-41-15-6-4-11-34(41)39-26-46-21-19-43(39)48/h1-26H. The Bertz CT molecular complexity index is 2690. The van der Waals surface area contributed by atoms with Crippen LogP contribution in [-0.2, 0) is 0 Å². The molecule has 4 heterocycles. The van der Waals surface area contributed by atoms with E-state index in [1.165, 1.54) is 54.9 Å². The highest BCUT2D eigenvalue weighted by atomic mass is 15.0. The summed E-state index contributed by atoms with van der Waals surface area (Å²) < 4.78 is 4.79. The van der Waals surface area contributed by atoms with Crippen molar-refractivity contribution in [1.29, 1.82) is 0 Å². The maximum absolute atomic E-state index is 4.51. The molecule has 0 saturated carbocycles. The number of aromatic nitrogens is 4. The maximum atomic E-state index is 4.51. The fourth-order valence-corrected chi connectivity index (χ4v) is 8.26. The average molecular weight is 611 g/mol. The molecule has 6 aromatic carbocycles. The van der Waals surface area contributed by atoms with Crippen LogP contribution in [0.15, 0.2) is 158 Å². The van der Waals surface area contributed by atoms with Gasteiger partial charge in [0.15, 0.2) is 0 Å². The van der Waals surface area contributed by atoms with E-state index in [2.05, 4.69) is 153 Å². The number of nitrogens with zero attached hydrogens (tertiary/aromatic N) is 4. The van der Waals surface area contributed by atoms with E-state index in [1.54, 1.807) is 0 Å². The fourth-order valence-electron chi connectivity index (χ4n) is 8.26. The van der Waals surface area contributed by atoms with Gasteiger partial charge in [-0.3, -0.25) is 9.97 Å². The minimum absolute atomic E-state index is 1.10. The highest BCUT2D eigenvalue weighted by molar-refractivity contribution is 6.19. The Kier molecular flexibility index (Phi) is 5.08. The fraction of sp³-hybridized carbons (Fsp3) is 0. The van der Waals surface area contributed by atoms with Crippen LogP contribution in [0, 0.1) is 0 Å². The van der Waals surface area contributed by atoms with Gasteiger partial charge in [-0.25, -0.2) is 0 Å². The average Bonchev–Trinajstić information content (AvgIpc) is 3.79. The van der Waals surface area contributed by atoms with Crippen molar-refractivity contribution in [2.24, 2.45) is 0 Å². The van der Waals surface area contributed by atoms with Gasteiger partial charge in [-0.15, -0.1) is 0 Å². The number of hydrogen-bond donors (Lipinski definition) is 0. The summed E-state index contributed by atoms with van der Waals surface area (Å²) in [6, 6.07) is 48.8. The van der Waals surface area contributed by atoms with Gasteiger partial charge in [0.05, 0.1) is 22.1 Å². The zero-order valence-electron chi connectivity index (χ0n) is 25.8. The summed E-state index contributed by atoms with van der Waals surface area (Å²) in [6.45, 7) is 0. The number of pyridine rings is 2. The summed E-state index contributed by atoms with van der Waals surface area (Å²) in [6.07, 6.45) is 7.76. The number of para-hydroxylation sites is 2. The first-order valence-corrected chi connectivity index (χ1v) is 16.3. The topological polar surface area (TPSA) is 35.6 Å². The Morgan fingerprint density at radius 3 is 1.46 bits per heavy atom. The highest BCUT2D eigenvalue weighted by Gasteiger charge is 2.23. The van der Waals surface area contributed by atoms with Crippen LogP contribution in [-0.4, -0.2) is 19.1 Å². The predicted octanol–water partition coefficient (Wildman–Crippen LogP) is 11.1. The smallest absolute Gasteiger partial charge is 0.0571 e. The van der Waals surface area contributed by atoms with Crippen LogP contribution in [0.25, 0.3) is 99.1 Å². The minimum Gasteiger partial charge on any atom is -0.309 e. The zero-order chi connectivity index (χ0) is 31.3. The third-order valence-corrected chi connectivity index (χ3v) is 10.2. The summed E-state index contributed by atoms with van der Waals surface area (Å²) in [7, 11) is 0. The molecule has 11 rings (SSSR count). The van der Waals surface area contributed by atoms with Crippen molar-refractivity contribution in [2.75, 3.05) is 0 Å². The van der Waals surface area contributed by atoms with Crippen molar-refractivity contribution in [3.8, 4) is 44.8 Å². The van der Waals surface area contributed by atoms with E-state index in [9.17, 15) is 0 Å². The summed E-state index contributed by atoms with van der Waals surface area (Å²) >= 11 is 0. The summed E-state index contributed by atoms with van der Waals surface area (Å²) in [5, 5.41) is 7.27. The third-order valence-electron chi connectivity index (χ3n) is 10.2. The van der Waals surface area contributed by atoms with E-state index in [1.807, 2.05) is 24.8 Å². The number of benzene rings is 6. The zero-order valence-corrected chi connectivity index (χ0v) is 25.8. The van der Waals surface area contributed by atoms with Crippen LogP contribution in [0.4, 0.5) is 0 Å². The Balaban J connectivity index is 1.27. The van der Waals surface area contributed by atoms with Crippen LogP contribution in [0.5, 0.6) is 0 Å². The van der Waals surface area contributed by atoms with Gasteiger partial charge in [0.2, 0.25) is 0 Å². The molecular formula is C44H26N4. The molecule has 0 atom stereocenters. The lowest BCUT2D eigenvalue weighted by atomic mass is 9.93. The van der Waals surface area contributed by atoms with Gasteiger partial charge in [0.1, 0.15) is 0 Å². The molecule has 0 saturated heterocycles. The van der Waals surface area contributed by atoms with Crippen LogP contribution in [0.1, 0.15) is 0 Å². The van der Waals surface area contributed by atoms with Gasteiger partial charge in [0, 0.05) is 57.7 Å². The second kappa shape index (κ2) is 9.50. The number of fused-ring (bicyclic) bond motifs is 9. The van der Waals surface area contributed by atoms with Gasteiger partial charge in [-0.2, -0.15) is 0 Å². The summed E-state index contributed by atoms with van der Waals surface area (Å²) in [5.74, 6) is 0. The minimum atomic E-state index is 1.10. The van der Waals surface area contributed by atoms with E-state index in [-0.39, 0.29) is 0 Å². The van der Waals surface area contributed by atoms with E-state index >= 15 is 0 Å². The van der Waals surface area contributed by atoms with Gasteiger partial charge < -0.3 is 9.13 Å². The molecule has 0 bridgehead atoms. The molecule has 222 valence electrons. The lowest BCUT2D eigenvalue weighted by Gasteiger charge is -2.17. The first kappa shape index (κ1) is 25.6. The largest absolute Gasteiger partial charge is 0.309 e. The van der Waals surface area contributed by atoms with Gasteiger partial charge in [0.25, 0.3) is 0 Å². The second-order valence-electron chi connectivity index (χ2n) is 12.7. The lowest BCUT2D eigenvalue weighted by Crippen LogP contribution is -2.00. The first-order valence-electron chi connectivity index (χ1n) is 16.3. The van der Waals surface area contributed by atoms with Crippen molar-refractivity contribution in [1.82, 2.24) is 19.1 Å². The summed E-state index contributed by atoms with van der Waals surface area (Å²) in [4.78, 5) is 9.02. The van der Waals surface area contributed by atoms with E-state index < -0.39 is 0 Å². The molecule has 0 unspecified atom stereocenters. The third kappa shape index (κ3) is 3.38.